The van der Waals surface area contributed by atoms with Crippen LogP contribution in [0.4, 0.5) is 0 Å². The SMILES string of the molecule is COc1ccc(COC[C@@H](C)C(O)[C@@H](C)C(=O)N(C)OC)cc1. The Balaban J connectivity index is 2.42. The first-order valence-corrected chi connectivity index (χ1v) is 7.61. The average molecular weight is 325 g/mol. The van der Waals surface area contributed by atoms with Crippen molar-refractivity contribution < 1.29 is 24.2 Å². The van der Waals surface area contributed by atoms with Gasteiger partial charge in [-0.25, -0.2) is 5.06 Å². The molecule has 0 aliphatic heterocycles. The Hall–Kier alpha value is -1.63. The Kier molecular flexibility index (Phi) is 8.02. The van der Waals surface area contributed by atoms with Crippen molar-refractivity contribution in [3.63, 3.8) is 0 Å². The molecule has 1 aromatic carbocycles. The first-order valence-electron chi connectivity index (χ1n) is 7.61. The van der Waals surface area contributed by atoms with Gasteiger partial charge >= 0.3 is 0 Å². The van der Waals surface area contributed by atoms with Gasteiger partial charge in [0.15, 0.2) is 0 Å². The highest BCUT2D eigenvalue weighted by Crippen LogP contribution is 2.17. The van der Waals surface area contributed by atoms with Crippen molar-refractivity contribution in [3.8, 4) is 5.75 Å². The summed E-state index contributed by atoms with van der Waals surface area (Å²) in [6.07, 6.45) is -0.795. The Morgan fingerprint density at radius 1 is 1.22 bits per heavy atom. The molecule has 23 heavy (non-hydrogen) atoms. The zero-order valence-electron chi connectivity index (χ0n) is 14.5. The highest BCUT2D eigenvalue weighted by Gasteiger charge is 2.29. The molecule has 0 bridgehead atoms. The van der Waals surface area contributed by atoms with Crippen molar-refractivity contribution in [2.24, 2.45) is 11.8 Å². The van der Waals surface area contributed by atoms with Gasteiger partial charge in [0, 0.05) is 13.0 Å². The number of methoxy groups -OCH3 is 1. The predicted octanol–water partition coefficient (Wildman–Crippen LogP) is 1.86. The number of hydroxylamine groups is 2. The van der Waals surface area contributed by atoms with Crippen LogP contribution in [0.15, 0.2) is 24.3 Å². The fourth-order valence-electron chi connectivity index (χ4n) is 2.20. The van der Waals surface area contributed by atoms with E-state index in [1.54, 1.807) is 14.0 Å². The van der Waals surface area contributed by atoms with Gasteiger partial charge in [0.05, 0.1) is 39.5 Å². The molecule has 1 N–H and O–H groups in total. The lowest BCUT2D eigenvalue weighted by atomic mass is 9.93. The zero-order valence-corrected chi connectivity index (χ0v) is 14.5. The summed E-state index contributed by atoms with van der Waals surface area (Å²) >= 11 is 0. The lowest BCUT2D eigenvalue weighted by molar-refractivity contribution is -0.177. The maximum Gasteiger partial charge on any atom is 0.251 e. The summed E-state index contributed by atoms with van der Waals surface area (Å²) in [5.74, 6) is -0.189. The quantitative estimate of drug-likeness (QED) is 0.702. The van der Waals surface area contributed by atoms with Gasteiger partial charge in [0.2, 0.25) is 0 Å². The minimum Gasteiger partial charge on any atom is -0.497 e. The molecule has 0 fully saturated rings. The second-order valence-corrected chi connectivity index (χ2v) is 5.64. The van der Waals surface area contributed by atoms with Gasteiger partial charge in [-0.05, 0) is 17.7 Å². The summed E-state index contributed by atoms with van der Waals surface area (Å²) in [5.41, 5.74) is 1.02. The van der Waals surface area contributed by atoms with Crippen LogP contribution in [-0.2, 0) is 21.0 Å². The summed E-state index contributed by atoms with van der Waals surface area (Å²) in [6.45, 7) is 4.35. The Labute approximate surface area is 137 Å². The monoisotopic (exact) mass is 325 g/mol. The standard InChI is InChI=1S/C17H27NO5/c1-12(16(19)13(2)17(20)18(3)22-5)10-23-11-14-6-8-15(21-4)9-7-14/h6-9,12-13,16,19H,10-11H2,1-5H3/t12-,13-,16?/m1/s1. The highest BCUT2D eigenvalue weighted by atomic mass is 16.7. The number of carbonyl (C=O) groups is 1. The molecule has 3 atom stereocenters. The van der Waals surface area contributed by atoms with Crippen LogP contribution in [0.25, 0.3) is 0 Å². The van der Waals surface area contributed by atoms with Crippen LogP contribution in [0.1, 0.15) is 19.4 Å². The van der Waals surface area contributed by atoms with Crippen LogP contribution in [0.5, 0.6) is 5.75 Å². The molecule has 0 aromatic heterocycles. The van der Waals surface area contributed by atoms with Crippen molar-refractivity contribution in [2.75, 3.05) is 27.9 Å². The fourth-order valence-corrected chi connectivity index (χ4v) is 2.20. The molecule has 1 aromatic rings. The van der Waals surface area contributed by atoms with Gasteiger partial charge in [-0.15, -0.1) is 0 Å². The molecular weight excluding hydrogens is 298 g/mol. The molecule has 0 heterocycles. The third-order valence-electron chi connectivity index (χ3n) is 3.88. The molecule has 1 rings (SSSR count). The largest absolute Gasteiger partial charge is 0.497 e. The van der Waals surface area contributed by atoms with E-state index in [1.165, 1.54) is 14.2 Å². The number of aliphatic hydroxyl groups is 1. The Morgan fingerprint density at radius 2 is 1.83 bits per heavy atom. The molecular formula is C17H27NO5. The van der Waals surface area contributed by atoms with Crippen molar-refractivity contribution in [3.05, 3.63) is 29.8 Å². The van der Waals surface area contributed by atoms with E-state index in [0.717, 1.165) is 16.4 Å². The van der Waals surface area contributed by atoms with Gasteiger partial charge in [-0.2, -0.15) is 0 Å². The van der Waals surface area contributed by atoms with Gasteiger partial charge in [0.25, 0.3) is 5.91 Å². The third kappa shape index (κ3) is 5.82. The number of hydrogen-bond donors (Lipinski definition) is 1. The molecule has 0 radical (unpaired) electrons. The molecule has 0 aliphatic carbocycles. The minimum atomic E-state index is -0.795. The van der Waals surface area contributed by atoms with Crippen LogP contribution in [0.3, 0.4) is 0 Å². The first-order chi connectivity index (χ1) is 10.9. The number of aliphatic hydroxyl groups excluding tert-OH is 1. The second kappa shape index (κ2) is 9.50. The molecule has 1 unspecified atom stereocenters. The van der Waals surface area contributed by atoms with Gasteiger partial charge < -0.3 is 14.6 Å². The normalized spacial score (nSPS) is 14.9. The molecule has 130 valence electrons. The third-order valence-corrected chi connectivity index (χ3v) is 3.88. The van der Waals surface area contributed by atoms with Gasteiger partial charge in [0.1, 0.15) is 5.75 Å². The number of hydrogen-bond acceptors (Lipinski definition) is 5. The number of nitrogens with zero attached hydrogens (tertiary/aromatic N) is 1. The van der Waals surface area contributed by atoms with E-state index in [1.807, 2.05) is 31.2 Å². The Morgan fingerprint density at radius 3 is 2.35 bits per heavy atom. The highest BCUT2D eigenvalue weighted by molar-refractivity contribution is 5.77. The summed E-state index contributed by atoms with van der Waals surface area (Å²) in [7, 11) is 4.56. The van der Waals surface area contributed by atoms with E-state index in [2.05, 4.69) is 0 Å². The minimum absolute atomic E-state index is 0.169. The molecule has 0 saturated heterocycles. The van der Waals surface area contributed by atoms with Crippen LogP contribution in [0.2, 0.25) is 0 Å². The molecule has 6 nitrogen and oxygen atoms in total. The van der Waals surface area contributed by atoms with Crippen molar-refractivity contribution in [1.29, 1.82) is 0 Å². The summed E-state index contributed by atoms with van der Waals surface area (Å²) in [5, 5.41) is 11.4. The van der Waals surface area contributed by atoms with Crippen molar-refractivity contribution in [1.82, 2.24) is 5.06 Å². The number of rotatable bonds is 9. The number of ether oxygens (including phenoxy) is 2. The molecule has 1 amide bonds. The molecule has 0 aliphatic rings. The Bertz CT molecular complexity index is 476. The van der Waals surface area contributed by atoms with E-state index < -0.39 is 12.0 Å². The fraction of sp³-hybridized carbons (Fsp3) is 0.588. The summed E-state index contributed by atoms with van der Waals surface area (Å²) < 4.78 is 10.7. The van der Waals surface area contributed by atoms with E-state index in [-0.39, 0.29) is 11.8 Å². The molecule has 0 saturated carbocycles. The zero-order chi connectivity index (χ0) is 17.4. The van der Waals surface area contributed by atoms with Crippen molar-refractivity contribution >= 4 is 5.91 Å². The lowest BCUT2D eigenvalue weighted by Gasteiger charge is -2.26. The van der Waals surface area contributed by atoms with Gasteiger partial charge in [-0.3, -0.25) is 9.63 Å². The van der Waals surface area contributed by atoms with E-state index in [0.29, 0.717) is 13.2 Å². The van der Waals surface area contributed by atoms with E-state index in [9.17, 15) is 9.90 Å². The number of amides is 1. The van der Waals surface area contributed by atoms with E-state index >= 15 is 0 Å². The van der Waals surface area contributed by atoms with Crippen molar-refractivity contribution in [2.45, 2.75) is 26.6 Å². The topological polar surface area (TPSA) is 68.2 Å². The maximum absolute atomic E-state index is 12.0. The van der Waals surface area contributed by atoms with Gasteiger partial charge in [-0.1, -0.05) is 26.0 Å². The van der Waals surface area contributed by atoms with Crippen LogP contribution in [0, 0.1) is 11.8 Å². The first kappa shape index (κ1) is 19.4. The maximum atomic E-state index is 12.0. The number of benzene rings is 1. The van der Waals surface area contributed by atoms with Crippen LogP contribution in [-0.4, -0.2) is 50.1 Å². The van der Waals surface area contributed by atoms with Crippen LogP contribution >= 0.6 is 0 Å². The summed E-state index contributed by atoms with van der Waals surface area (Å²) in [6, 6.07) is 7.61. The average Bonchev–Trinajstić information content (AvgIpc) is 2.59. The predicted molar refractivity (Wildman–Crippen MR) is 86.8 cm³/mol. The summed E-state index contributed by atoms with van der Waals surface area (Å²) in [4.78, 5) is 16.8. The molecule has 6 heteroatoms. The number of carbonyl (C=O) groups excluding carboxylic acids is 1. The van der Waals surface area contributed by atoms with E-state index in [4.69, 9.17) is 14.3 Å². The molecule has 0 spiro atoms. The smallest absolute Gasteiger partial charge is 0.251 e. The van der Waals surface area contributed by atoms with Crippen LogP contribution < -0.4 is 4.74 Å². The lowest BCUT2D eigenvalue weighted by Crippen LogP contribution is -2.40. The second-order valence-electron chi connectivity index (χ2n) is 5.64.